The quantitative estimate of drug-likeness (QED) is 0.774. The Morgan fingerprint density at radius 1 is 1.32 bits per heavy atom. The van der Waals surface area contributed by atoms with E-state index in [-0.39, 0.29) is 0 Å². The third kappa shape index (κ3) is 2.05. The van der Waals surface area contributed by atoms with Crippen molar-refractivity contribution in [1.82, 2.24) is 24.4 Å². The molecule has 0 unspecified atom stereocenters. The van der Waals surface area contributed by atoms with Crippen LogP contribution in [0.1, 0.15) is 16.8 Å². The third-order valence-corrected chi connectivity index (χ3v) is 3.33. The lowest BCUT2D eigenvalue weighted by Gasteiger charge is -2.00. The van der Waals surface area contributed by atoms with Crippen molar-refractivity contribution >= 4 is 11.6 Å². The number of hydrogen-bond acceptors (Lipinski definition) is 4. The first-order chi connectivity index (χ1) is 9.15. The van der Waals surface area contributed by atoms with Crippen molar-refractivity contribution in [2.45, 2.75) is 20.4 Å². The Kier molecular flexibility index (Phi) is 2.70. The summed E-state index contributed by atoms with van der Waals surface area (Å²) in [4.78, 5) is 4.48. The Morgan fingerprint density at radius 3 is 2.84 bits per heavy atom. The summed E-state index contributed by atoms with van der Waals surface area (Å²) in [5.74, 6) is 0.637. The van der Waals surface area contributed by atoms with Gasteiger partial charge in [-0.3, -0.25) is 4.68 Å². The first kappa shape index (κ1) is 11.7. The average molecular weight is 256 g/mol. The smallest absolute Gasteiger partial charge is 0.243 e. The minimum Gasteiger partial charge on any atom is -0.349 e. The highest BCUT2D eigenvalue weighted by molar-refractivity contribution is 5.49. The number of pyridine rings is 1. The van der Waals surface area contributed by atoms with Gasteiger partial charge in [0.1, 0.15) is 0 Å². The fourth-order valence-electron chi connectivity index (χ4n) is 2.01. The number of nitrogens with one attached hydrogen (secondary N) is 1. The first-order valence-corrected chi connectivity index (χ1v) is 6.18. The summed E-state index contributed by atoms with van der Waals surface area (Å²) in [6.07, 6.45) is 3.76. The van der Waals surface area contributed by atoms with Gasteiger partial charge in [-0.2, -0.15) is 10.1 Å². The zero-order chi connectivity index (χ0) is 13.4. The second-order valence-corrected chi connectivity index (χ2v) is 4.63. The lowest BCUT2D eigenvalue weighted by Crippen LogP contribution is -2.02. The molecule has 0 aliphatic rings. The molecular weight excluding hydrogens is 240 g/mol. The van der Waals surface area contributed by atoms with E-state index in [9.17, 15) is 0 Å². The van der Waals surface area contributed by atoms with Crippen LogP contribution in [0.25, 0.3) is 5.65 Å². The largest absolute Gasteiger partial charge is 0.349 e. The van der Waals surface area contributed by atoms with Crippen LogP contribution in [-0.2, 0) is 13.6 Å². The maximum atomic E-state index is 4.48. The van der Waals surface area contributed by atoms with Gasteiger partial charge >= 0.3 is 0 Å². The normalized spacial score (nSPS) is 11.1. The molecule has 0 bridgehead atoms. The van der Waals surface area contributed by atoms with E-state index in [2.05, 4.69) is 20.5 Å². The first-order valence-electron chi connectivity index (χ1n) is 6.18. The van der Waals surface area contributed by atoms with Gasteiger partial charge in [0.2, 0.25) is 5.95 Å². The molecule has 0 atom stereocenters. The van der Waals surface area contributed by atoms with Gasteiger partial charge in [0, 0.05) is 31.0 Å². The van der Waals surface area contributed by atoms with Crippen molar-refractivity contribution in [3.63, 3.8) is 0 Å². The number of rotatable bonds is 3. The van der Waals surface area contributed by atoms with E-state index in [0.717, 1.165) is 22.5 Å². The minimum atomic E-state index is 0.637. The van der Waals surface area contributed by atoms with Gasteiger partial charge in [-0.1, -0.05) is 6.07 Å². The van der Waals surface area contributed by atoms with Crippen molar-refractivity contribution in [3.05, 3.63) is 41.3 Å². The predicted molar refractivity (Wildman–Crippen MR) is 73.0 cm³/mol. The summed E-state index contributed by atoms with van der Waals surface area (Å²) >= 11 is 0. The molecule has 3 aromatic heterocycles. The number of hydrogen-bond donors (Lipinski definition) is 1. The summed E-state index contributed by atoms with van der Waals surface area (Å²) in [5, 5.41) is 11.8. The third-order valence-electron chi connectivity index (χ3n) is 3.33. The monoisotopic (exact) mass is 256 g/mol. The number of anilines is 1. The fraction of sp³-hybridized carbons (Fsp3) is 0.308. The molecule has 0 aliphatic carbocycles. The Labute approximate surface area is 111 Å². The molecule has 0 fully saturated rings. The summed E-state index contributed by atoms with van der Waals surface area (Å²) in [5.41, 5.74) is 4.29. The minimum absolute atomic E-state index is 0.637. The summed E-state index contributed by atoms with van der Waals surface area (Å²) in [6, 6.07) is 3.99. The summed E-state index contributed by atoms with van der Waals surface area (Å²) in [6.45, 7) is 4.75. The van der Waals surface area contributed by atoms with Gasteiger partial charge in [0.15, 0.2) is 5.65 Å². The highest BCUT2D eigenvalue weighted by Crippen LogP contribution is 2.12. The number of fused-ring (bicyclic) bond motifs is 1. The van der Waals surface area contributed by atoms with Gasteiger partial charge in [-0.15, -0.1) is 5.10 Å². The molecule has 0 radical (unpaired) electrons. The van der Waals surface area contributed by atoms with Crippen LogP contribution in [-0.4, -0.2) is 24.4 Å². The van der Waals surface area contributed by atoms with E-state index < -0.39 is 0 Å². The van der Waals surface area contributed by atoms with E-state index in [1.54, 1.807) is 4.52 Å². The Bertz CT molecular complexity index is 724. The van der Waals surface area contributed by atoms with Crippen molar-refractivity contribution in [1.29, 1.82) is 0 Å². The molecule has 98 valence electrons. The van der Waals surface area contributed by atoms with Crippen LogP contribution in [0.4, 0.5) is 5.95 Å². The second-order valence-electron chi connectivity index (χ2n) is 4.63. The molecule has 3 heterocycles. The highest BCUT2D eigenvalue weighted by atomic mass is 15.3. The highest BCUT2D eigenvalue weighted by Gasteiger charge is 2.07. The molecule has 3 rings (SSSR count). The molecule has 1 N–H and O–H groups in total. The van der Waals surface area contributed by atoms with Crippen molar-refractivity contribution < 1.29 is 0 Å². The standard InChI is InChI=1S/C13H16N6/c1-9-5-4-6-19-12(9)16-13(17-19)14-7-11-8-15-18(3)10(11)2/h4-6,8H,7H2,1-3H3,(H,14,17). The van der Waals surface area contributed by atoms with Crippen molar-refractivity contribution in [2.75, 3.05) is 5.32 Å². The van der Waals surface area contributed by atoms with Crippen LogP contribution in [0.15, 0.2) is 24.5 Å². The second kappa shape index (κ2) is 4.38. The van der Waals surface area contributed by atoms with Crippen LogP contribution < -0.4 is 5.32 Å². The van der Waals surface area contributed by atoms with E-state index in [4.69, 9.17) is 0 Å². The molecule has 6 nitrogen and oxygen atoms in total. The zero-order valence-corrected chi connectivity index (χ0v) is 11.3. The van der Waals surface area contributed by atoms with E-state index >= 15 is 0 Å². The van der Waals surface area contributed by atoms with Crippen LogP contribution >= 0.6 is 0 Å². The average Bonchev–Trinajstić information content (AvgIpc) is 2.94. The van der Waals surface area contributed by atoms with Gasteiger partial charge in [-0.05, 0) is 25.5 Å². The van der Waals surface area contributed by atoms with Crippen molar-refractivity contribution in [2.24, 2.45) is 7.05 Å². The summed E-state index contributed by atoms with van der Waals surface area (Å²) < 4.78 is 3.64. The van der Waals surface area contributed by atoms with Crippen LogP contribution in [0.5, 0.6) is 0 Å². The van der Waals surface area contributed by atoms with E-state index in [0.29, 0.717) is 12.5 Å². The van der Waals surface area contributed by atoms with Gasteiger partial charge in [-0.25, -0.2) is 4.52 Å². The van der Waals surface area contributed by atoms with Crippen LogP contribution in [0.2, 0.25) is 0 Å². The molecule has 6 heteroatoms. The molecular formula is C13H16N6. The van der Waals surface area contributed by atoms with Crippen molar-refractivity contribution in [3.8, 4) is 0 Å². The Hall–Kier alpha value is -2.37. The van der Waals surface area contributed by atoms with E-state index in [1.807, 2.05) is 50.1 Å². The lowest BCUT2D eigenvalue weighted by atomic mass is 10.2. The predicted octanol–water partition coefficient (Wildman–Crippen LogP) is 1.69. The Balaban J connectivity index is 1.82. The van der Waals surface area contributed by atoms with Gasteiger partial charge in [0.05, 0.1) is 6.20 Å². The Morgan fingerprint density at radius 2 is 2.16 bits per heavy atom. The number of aryl methyl sites for hydroxylation is 2. The lowest BCUT2D eigenvalue weighted by molar-refractivity contribution is 0.738. The maximum Gasteiger partial charge on any atom is 0.243 e. The summed E-state index contributed by atoms with van der Waals surface area (Å²) in [7, 11) is 1.94. The van der Waals surface area contributed by atoms with Crippen LogP contribution in [0.3, 0.4) is 0 Å². The maximum absolute atomic E-state index is 4.48. The number of aromatic nitrogens is 5. The molecule has 0 amide bonds. The topological polar surface area (TPSA) is 60.0 Å². The van der Waals surface area contributed by atoms with E-state index in [1.165, 1.54) is 0 Å². The molecule has 0 aromatic carbocycles. The van der Waals surface area contributed by atoms with Gasteiger partial charge in [0.25, 0.3) is 0 Å². The van der Waals surface area contributed by atoms with Crippen LogP contribution in [0, 0.1) is 13.8 Å². The molecule has 19 heavy (non-hydrogen) atoms. The molecule has 0 aliphatic heterocycles. The fourth-order valence-corrected chi connectivity index (χ4v) is 2.01. The molecule has 0 saturated carbocycles. The molecule has 0 spiro atoms. The number of nitrogens with zero attached hydrogens (tertiary/aromatic N) is 5. The zero-order valence-electron chi connectivity index (χ0n) is 11.3. The SMILES string of the molecule is Cc1cccn2nc(NCc3cnn(C)c3C)nc12. The molecule has 0 saturated heterocycles. The van der Waals surface area contributed by atoms with Gasteiger partial charge < -0.3 is 5.32 Å². The molecule has 3 aromatic rings.